The lowest BCUT2D eigenvalue weighted by atomic mass is 10.1. The molecule has 4 rings (SSSR count). The largest absolute Gasteiger partial charge is 0.455 e. The maximum Gasteiger partial charge on any atom is 0.316 e. The average molecular weight is 419 g/mol. The summed E-state index contributed by atoms with van der Waals surface area (Å²) in [5.74, 6) is -0.610. The van der Waals surface area contributed by atoms with Gasteiger partial charge in [-0.25, -0.2) is 4.39 Å². The first kappa shape index (κ1) is 20.1. The van der Waals surface area contributed by atoms with Crippen molar-refractivity contribution < 1.29 is 13.9 Å². The van der Waals surface area contributed by atoms with E-state index < -0.39 is 22.8 Å². The Labute approximate surface area is 175 Å². The lowest BCUT2D eigenvalue weighted by Gasteiger charge is -2.16. The minimum atomic E-state index is -0.710. The molecule has 4 aromatic rings. The molecule has 31 heavy (non-hydrogen) atoms. The SMILES string of the molecule is Cn1c(=O)c(=O)n(C)c2cc(Oc3ccccc3)c(NC(=O)c3ccccc3F)cc21. The smallest absolute Gasteiger partial charge is 0.316 e. The monoisotopic (exact) mass is 419 g/mol. The number of nitrogens with zero attached hydrogens (tertiary/aromatic N) is 2. The van der Waals surface area contributed by atoms with E-state index in [9.17, 15) is 18.8 Å². The molecule has 0 aliphatic carbocycles. The van der Waals surface area contributed by atoms with E-state index in [1.165, 1.54) is 47.5 Å². The normalized spacial score (nSPS) is 10.8. The number of hydrogen-bond donors (Lipinski definition) is 1. The van der Waals surface area contributed by atoms with Crippen LogP contribution in [0.25, 0.3) is 11.0 Å². The number of carbonyl (C=O) groups excluding carboxylic acids is 1. The van der Waals surface area contributed by atoms with Crippen LogP contribution in [0.4, 0.5) is 10.1 Å². The molecule has 0 radical (unpaired) electrons. The quantitative estimate of drug-likeness (QED) is 0.514. The summed E-state index contributed by atoms with van der Waals surface area (Å²) >= 11 is 0. The third-order valence-electron chi connectivity index (χ3n) is 4.93. The Hall–Kier alpha value is -4.20. The first-order chi connectivity index (χ1) is 14.9. The topological polar surface area (TPSA) is 82.3 Å². The van der Waals surface area contributed by atoms with Crippen molar-refractivity contribution in [3.63, 3.8) is 0 Å². The number of carbonyl (C=O) groups is 1. The predicted octanol–water partition coefficient (Wildman–Crippen LogP) is 3.42. The van der Waals surface area contributed by atoms with E-state index in [0.29, 0.717) is 16.8 Å². The van der Waals surface area contributed by atoms with Crippen LogP contribution >= 0.6 is 0 Å². The number of anilines is 1. The highest BCUT2D eigenvalue weighted by molar-refractivity contribution is 6.06. The first-order valence-electron chi connectivity index (χ1n) is 9.39. The second kappa shape index (κ2) is 7.91. The molecule has 0 atom stereocenters. The molecule has 0 saturated heterocycles. The van der Waals surface area contributed by atoms with Crippen LogP contribution in [-0.2, 0) is 14.1 Å². The summed E-state index contributed by atoms with van der Waals surface area (Å²) in [7, 11) is 2.95. The molecule has 0 bridgehead atoms. The second-order valence-electron chi connectivity index (χ2n) is 6.91. The van der Waals surface area contributed by atoms with Crippen molar-refractivity contribution in [2.45, 2.75) is 0 Å². The lowest BCUT2D eigenvalue weighted by Crippen LogP contribution is -2.39. The van der Waals surface area contributed by atoms with Crippen LogP contribution < -0.4 is 21.2 Å². The van der Waals surface area contributed by atoms with E-state index in [1.807, 2.05) is 6.07 Å². The van der Waals surface area contributed by atoms with E-state index in [2.05, 4.69) is 5.32 Å². The molecule has 1 aromatic heterocycles. The average Bonchev–Trinajstić information content (AvgIpc) is 2.78. The molecule has 0 spiro atoms. The summed E-state index contributed by atoms with van der Waals surface area (Å²) in [6.45, 7) is 0. The van der Waals surface area contributed by atoms with Gasteiger partial charge in [-0.1, -0.05) is 30.3 Å². The Morgan fingerprint density at radius 2 is 1.45 bits per heavy atom. The van der Waals surface area contributed by atoms with Gasteiger partial charge < -0.3 is 19.2 Å². The zero-order valence-corrected chi connectivity index (χ0v) is 16.8. The van der Waals surface area contributed by atoms with Gasteiger partial charge in [0.15, 0.2) is 5.75 Å². The predicted molar refractivity (Wildman–Crippen MR) is 115 cm³/mol. The molecule has 0 aliphatic heterocycles. The number of ether oxygens (including phenoxy) is 1. The van der Waals surface area contributed by atoms with Crippen LogP contribution in [0.5, 0.6) is 11.5 Å². The summed E-state index contributed by atoms with van der Waals surface area (Å²) in [5.41, 5.74) is -0.485. The molecule has 0 unspecified atom stereocenters. The maximum absolute atomic E-state index is 14.1. The number of aryl methyl sites for hydroxylation is 2. The van der Waals surface area contributed by atoms with Gasteiger partial charge in [0.25, 0.3) is 5.91 Å². The van der Waals surface area contributed by atoms with E-state index >= 15 is 0 Å². The van der Waals surface area contributed by atoms with E-state index in [4.69, 9.17) is 4.74 Å². The molecular weight excluding hydrogens is 401 g/mol. The van der Waals surface area contributed by atoms with Crippen molar-refractivity contribution in [1.29, 1.82) is 0 Å². The Balaban J connectivity index is 1.89. The summed E-state index contributed by atoms with van der Waals surface area (Å²) in [6, 6.07) is 17.5. The molecule has 8 heteroatoms. The van der Waals surface area contributed by atoms with Crippen molar-refractivity contribution in [3.8, 4) is 11.5 Å². The second-order valence-corrected chi connectivity index (χ2v) is 6.91. The molecule has 1 amide bonds. The Bertz CT molecular complexity index is 1420. The fourth-order valence-corrected chi connectivity index (χ4v) is 3.23. The molecule has 1 N–H and O–H groups in total. The van der Waals surface area contributed by atoms with Crippen molar-refractivity contribution in [3.05, 3.63) is 98.8 Å². The van der Waals surface area contributed by atoms with Gasteiger partial charge in [-0.05, 0) is 30.3 Å². The Morgan fingerprint density at radius 3 is 2.10 bits per heavy atom. The van der Waals surface area contributed by atoms with Crippen LogP contribution in [0.2, 0.25) is 0 Å². The molecule has 0 aliphatic rings. The van der Waals surface area contributed by atoms with E-state index in [1.54, 1.807) is 36.4 Å². The van der Waals surface area contributed by atoms with Crippen molar-refractivity contribution >= 4 is 22.6 Å². The Morgan fingerprint density at radius 1 is 0.871 bits per heavy atom. The number of nitrogens with one attached hydrogen (secondary N) is 1. The van der Waals surface area contributed by atoms with E-state index in [0.717, 1.165) is 0 Å². The molecule has 3 aromatic carbocycles. The number of para-hydroxylation sites is 1. The number of halogens is 1. The Kier molecular flexibility index (Phi) is 5.12. The van der Waals surface area contributed by atoms with Crippen LogP contribution in [0.3, 0.4) is 0 Å². The van der Waals surface area contributed by atoms with Crippen molar-refractivity contribution in [1.82, 2.24) is 9.13 Å². The summed E-state index contributed by atoms with van der Waals surface area (Å²) in [6.07, 6.45) is 0. The fraction of sp³-hybridized carbons (Fsp3) is 0.0870. The zero-order valence-electron chi connectivity index (χ0n) is 16.8. The lowest BCUT2D eigenvalue weighted by molar-refractivity contribution is 0.102. The van der Waals surface area contributed by atoms with Crippen LogP contribution in [-0.4, -0.2) is 15.0 Å². The van der Waals surface area contributed by atoms with Gasteiger partial charge in [0, 0.05) is 20.2 Å². The number of benzene rings is 3. The zero-order chi connectivity index (χ0) is 22.1. The molecule has 7 nitrogen and oxygen atoms in total. The molecule has 1 heterocycles. The highest BCUT2D eigenvalue weighted by atomic mass is 19.1. The molecule has 156 valence electrons. The molecule has 0 fully saturated rings. The third-order valence-corrected chi connectivity index (χ3v) is 4.93. The minimum absolute atomic E-state index is 0.136. The summed E-state index contributed by atoms with van der Waals surface area (Å²) < 4.78 is 22.4. The van der Waals surface area contributed by atoms with Gasteiger partial charge >= 0.3 is 11.1 Å². The molecule has 0 saturated carbocycles. The number of hydrogen-bond acceptors (Lipinski definition) is 4. The van der Waals surface area contributed by atoms with Gasteiger partial charge in [-0.2, -0.15) is 0 Å². The van der Waals surface area contributed by atoms with Crippen molar-refractivity contribution in [2.75, 3.05) is 5.32 Å². The minimum Gasteiger partial charge on any atom is -0.455 e. The summed E-state index contributed by atoms with van der Waals surface area (Å²) in [4.78, 5) is 37.2. The van der Waals surface area contributed by atoms with E-state index in [-0.39, 0.29) is 17.0 Å². The maximum atomic E-state index is 14.1. The first-order valence-corrected chi connectivity index (χ1v) is 9.39. The van der Waals surface area contributed by atoms with Crippen molar-refractivity contribution in [2.24, 2.45) is 14.1 Å². The van der Waals surface area contributed by atoms with Gasteiger partial charge in [-0.3, -0.25) is 14.4 Å². The number of aromatic nitrogens is 2. The van der Waals surface area contributed by atoms with Crippen LogP contribution in [0, 0.1) is 5.82 Å². The standard InChI is InChI=1S/C23H18FN3O4/c1-26-18-12-17(25-21(28)15-10-6-7-11-16(15)24)20(31-14-8-4-3-5-9-14)13-19(18)27(2)23(30)22(26)29/h3-13H,1-2H3,(H,25,28). The highest BCUT2D eigenvalue weighted by Crippen LogP contribution is 2.33. The van der Waals surface area contributed by atoms with Crippen LogP contribution in [0.15, 0.2) is 76.3 Å². The number of rotatable bonds is 4. The fourth-order valence-electron chi connectivity index (χ4n) is 3.23. The van der Waals surface area contributed by atoms with Gasteiger partial charge in [0.2, 0.25) is 0 Å². The van der Waals surface area contributed by atoms with Gasteiger partial charge in [0.05, 0.1) is 22.3 Å². The third kappa shape index (κ3) is 3.71. The number of fused-ring (bicyclic) bond motifs is 1. The summed E-state index contributed by atoms with van der Waals surface area (Å²) in [5, 5.41) is 2.65. The molecular formula is C23H18FN3O4. The van der Waals surface area contributed by atoms with Gasteiger partial charge in [-0.15, -0.1) is 0 Å². The number of amides is 1. The highest BCUT2D eigenvalue weighted by Gasteiger charge is 2.18. The van der Waals surface area contributed by atoms with Crippen LogP contribution in [0.1, 0.15) is 10.4 Å². The van der Waals surface area contributed by atoms with Gasteiger partial charge in [0.1, 0.15) is 11.6 Å².